The number of amides is 1. The van der Waals surface area contributed by atoms with Crippen LogP contribution in [0.15, 0.2) is 42.6 Å². The van der Waals surface area contributed by atoms with Crippen LogP contribution in [0.25, 0.3) is 11.3 Å². The summed E-state index contributed by atoms with van der Waals surface area (Å²) in [5.74, 6) is 0.282. The second kappa shape index (κ2) is 10.1. The van der Waals surface area contributed by atoms with Crippen LogP contribution in [0.5, 0.6) is 5.88 Å². The van der Waals surface area contributed by atoms with Gasteiger partial charge in [-0.2, -0.15) is 0 Å². The molecule has 0 bridgehead atoms. The monoisotopic (exact) mass is 470 g/mol. The molecule has 1 fully saturated rings. The molecule has 8 nitrogen and oxygen atoms in total. The number of rotatable bonds is 9. The highest BCUT2D eigenvalue weighted by atomic mass is 35.5. The van der Waals surface area contributed by atoms with E-state index in [9.17, 15) is 9.18 Å². The van der Waals surface area contributed by atoms with Gasteiger partial charge >= 0.3 is 0 Å². The van der Waals surface area contributed by atoms with Crippen LogP contribution in [0.2, 0.25) is 5.02 Å². The zero-order valence-electron chi connectivity index (χ0n) is 18.3. The molecule has 0 radical (unpaired) electrons. The highest BCUT2D eigenvalue weighted by Gasteiger charge is 2.29. The number of likely N-dealkylation sites (N-methyl/N-ethyl adjacent to an activating group) is 1. The molecule has 4 rings (SSSR count). The van der Waals surface area contributed by atoms with Gasteiger partial charge in [-0.25, -0.2) is 9.37 Å². The molecule has 0 atom stereocenters. The molecule has 1 aliphatic rings. The van der Waals surface area contributed by atoms with Crippen LogP contribution < -0.4 is 15.4 Å². The molecule has 1 amide bonds. The third kappa shape index (κ3) is 6.15. The summed E-state index contributed by atoms with van der Waals surface area (Å²) in [6, 6.07) is 9.36. The Morgan fingerprint density at radius 1 is 1.21 bits per heavy atom. The van der Waals surface area contributed by atoms with Crippen molar-refractivity contribution >= 4 is 34.7 Å². The number of aromatic nitrogens is 3. The summed E-state index contributed by atoms with van der Waals surface area (Å²) in [5, 5.41) is 14.7. The van der Waals surface area contributed by atoms with E-state index in [1.165, 1.54) is 18.2 Å². The molecule has 2 N–H and O–H groups in total. The van der Waals surface area contributed by atoms with E-state index in [0.29, 0.717) is 41.1 Å². The lowest BCUT2D eigenvalue weighted by Gasteiger charge is -2.15. The highest BCUT2D eigenvalue weighted by molar-refractivity contribution is 6.30. The van der Waals surface area contributed by atoms with Crippen molar-refractivity contribution in [2.24, 2.45) is 5.92 Å². The van der Waals surface area contributed by atoms with Crippen molar-refractivity contribution in [2.45, 2.75) is 12.8 Å². The Balaban J connectivity index is 1.62. The van der Waals surface area contributed by atoms with Crippen molar-refractivity contribution in [3.8, 4) is 17.1 Å². The Kier molecular flexibility index (Phi) is 7.00. The third-order valence-electron chi connectivity index (χ3n) is 4.98. The lowest BCUT2D eigenvalue weighted by Crippen LogP contribution is -2.20. The van der Waals surface area contributed by atoms with Gasteiger partial charge in [-0.3, -0.25) is 4.79 Å². The lowest BCUT2D eigenvalue weighted by atomic mass is 10.1. The maximum absolute atomic E-state index is 14.4. The fourth-order valence-electron chi connectivity index (χ4n) is 3.03. The fraction of sp³-hybridized carbons (Fsp3) is 0.304. The molecule has 0 aliphatic heterocycles. The number of hydrogen-bond donors (Lipinski definition) is 2. The van der Waals surface area contributed by atoms with Gasteiger partial charge in [-0.05, 0) is 57.3 Å². The Morgan fingerprint density at radius 3 is 2.79 bits per heavy atom. The normalized spacial score (nSPS) is 13.1. The Bertz CT molecular complexity index is 1160. The van der Waals surface area contributed by atoms with E-state index in [1.54, 1.807) is 24.4 Å². The first kappa shape index (κ1) is 22.9. The van der Waals surface area contributed by atoms with E-state index in [1.807, 2.05) is 19.0 Å². The molecule has 1 saturated carbocycles. The molecule has 0 spiro atoms. The lowest BCUT2D eigenvalue weighted by molar-refractivity contribution is -0.117. The minimum atomic E-state index is -0.463. The summed E-state index contributed by atoms with van der Waals surface area (Å²) in [5.41, 5.74) is 1.67. The maximum atomic E-state index is 14.4. The second-order valence-electron chi connectivity index (χ2n) is 8.04. The minimum Gasteiger partial charge on any atom is -0.474 e. The number of pyridine rings is 1. The van der Waals surface area contributed by atoms with Gasteiger partial charge in [0.1, 0.15) is 23.9 Å². The van der Waals surface area contributed by atoms with E-state index in [-0.39, 0.29) is 23.3 Å². The maximum Gasteiger partial charge on any atom is 0.257 e. The molecule has 1 aromatic carbocycles. The van der Waals surface area contributed by atoms with Crippen molar-refractivity contribution in [1.29, 1.82) is 0 Å². The van der Waals surface area contributed by atoms with Gasteiger partial charge in [0.05, 0.1) is 5.69 Å². The average Bonchev–Trinajstić information content (AvgIpc) is 3.62. The van der Waals surface area contributed by atoms with E-state index >= 15 is 0 Å². The van der Waals surface area contributed by atoms with Crippen molar-refractivity contribution in [2.75, 3.05) is 37.9 Å². The molecular weight excluding hydrogens is 447 g/mol. The van der Waals surface area contributed by atoms with Crippen molar-refractivity contribution in [3.63, 3.8) is 0 Å². The Hall–Kier alpha value is -3.30. The largest absolute Gasteiger partial charge is 0.474 e. The van der Waals surface area contributed by atoms with E-state index in [4.69, 9.17) is 16.3 Å². The van der Waals surface area contributed by atoms with Crippen LogP contribution in [-0.4, -0.2) is 53.2 Å². The van der Waals surface area contributed by atoms with Crippen LogP contribution in [0, 0.1) is 11.7 Å². The smallest absolute Gasteiger partial charge is 0.257 e. The number of carbonyl (C=O) groups excluding carboxylic acids is 1. The first-order valence-corrected chi connectivity index (χ1v) is 10.9. The van der Waals surface area contributed by atoms with Gasteiger partial charge in [0, 0.05) is 41.0 Å². The van der Waals surface area contributed by atoms with Gasteiger partial charge in [0.25, 0.3) is 5.88 Å². The summed E-state index contributed by atoms with van der Waals surface area (Å²) in [4.78, 5) is 18.3. The fourth-order valence-corrected chi connectivity index (χ4v) is 3.21. The highest BCUT2D eigenvalue weighted by Crippen LogP contribution is 2.33. The molecule has 10 heteroatoms. The zero-order valence-corrected chi connectivity index (χ0v) is 19.1. The summed E-state index contributed by atoms with van der Waals surface area (Å²) in [7, 11) is 3.88. The van der Waals surface area contributed by atoms with E-state index in [2.05, 4.69) is 25.8 Å². The number of nitrogens with zero attached hydrogens (tertiary/aromatic N) is 4. The number of benzene rings is 1. The molecule has 0 saturated heterocycles. The first-order valence-electron chi connectivity index (χ1n) is 10.5. The van der Waals surface area contributed by atoms with Gasteiger partial charge in [-0.15, -0.1) is 10.2 Å². The molecule has 2 heterocycles. The molecule has 1 aliphatic carbocycles. The number of halogens is 2. The predicted molar refractivity (Wildman–Crippen MR) is 125 cm³/mol. The van der Waals surface area contributed by atoms with Gasteiger partial charge in [0.15, 0.2) is 0 Å². The molecule has 0 unspecified atom stereocenters. The quantitative estimate of drug-likeness (QED) is 0.480. The topological polar surface area (TPSA) is 92.3 Å². The number of carbonyl (C=O) groups is 1. The first-order chi connectivity index (χ1) is 15.9. The van der Waals surface area contributed by atoms with Crippen LogP contribution in [0.4, 0.5) is 21.6 Å². The van der Waals surface area contributed by atoms with Crippen molar-refractivity contribution < 1.29 is 13.9 Å². The summed E-state index contributed by atoms with van der Waals surface area (Å²) in [6.07, 6.45) is 3.40. The van der Waals surface area contributed by atoms with Crippen LogP contribution in [0.1, 0.15) is 12.8 Å². The number of nitrogens with one attached hydrogen (secondary N) is 2. The van der Waals surface area contributed by atoms with Crippen LogP contribution >= 0.6 is 11.6 Å². The summed E-state index contributed by atoms with van der Waals surface area (Å²) < 4.78 is 20.2. The minimum absolute atomic E-state index is 0.0309. The van der Waals surface area contributed by atoms with Crippen molar-refractivity contribution in [1.82, 2.24) is 20.1 Å². The number of hydrogen-bond acceptors (Lipinski definition) is 7. The predicted octanol–water partition coefficient (Wildman–Crippen LogP) is 4.36. The van der Waals surface area contributed by atoms with Gasteiger partial charge < -0.3 is 20.3 Å². The van der Waals surface area contributed by atoms with Crippen LogP contribution in [0.3, 0.4) is 0 Å². The van der Waals surface area contributed by atoms with E-state index < -0.39 is 5.82 Å². The summed E-state index contributed by atoms with van der Waals surface area (Å²) in [6.45, 7) is 1.07. The summed E-state index contributed by atoms with van der Waals surface area (Å²) >= 11 is 6.05. The molecule has 3 aromatic rings. The molecular formula is C23H24ClFN6O2. The van der Waals surface area contributed by atoms with Crippen LogP contribution in [-0.2, 0) is 4.79 Å². The van der Waals surface area contributed by atoms with Gasteiger partial charge in [0.2, 0.25) is 5.91 Å². The third-order valence-corrected chi connectivity index (χ3v) is 5.22. The zero-order chi connectivity index (χ0) is 23.4. The Morgan fingerprint density at radius 2 is 2.03 bits per heavy atom. The Labute approximate surface area is 196 Å². The van der Waals surface area contributed by atoms with Crippen molar-refractivity contribution in [3.05, 3.63) is 53.4 Å². The standard InChI is InChI=1S/C23H24ClFN6O2/c1-31(2)9-10-33-23-20(13-19(29-30-23)17-11-15(24)5-6-18(17)25)27-16-7-8-26-21(12-16)28-22(32)14-3-4-14/h5-8,11-14H,3-4,9-10H2,1-2H3,(H2,26,27,28,29,32). The molecule has 172 valence electrons. The number of ether oxygens (including phenoxy) is 1. The average molecular weight is 471 g/mol. The van der Waals surface area contributed by atoms with Gasteiger partial charge in [-0.1, -0.05) is 11.6 Å². The van der Waals surface area contributed by atoms with E-state index in [0.717, 1.165) is 12.8 Å². The number of anilines is 3. The SMILES string of the molecule is CN(C)CCOc1nnc(-c2cc(Cl)ccc2F)cc1Nc1ccnc(NC(=O)C2CC2)c1. The molecule has 33 heavy (non-hydrogen) atoms. The second-order valence-corrected chi connectivity index (χ2v) is 8.48. The molecule has 2 aromatic heterocycles.